The van der Waals surface area contributed by atoms with E-state index in [-0.39, 0.29) is 0 Å². The monoisotopic (exact) mass is 343 g/mol. The number of methoxy groups -OCH3 is 1. The van der Waals surface area contributed by atoms with E-state index in [1.165, 1.54) is 0 Å². The van der Waals surface area contributed by atoms with Crippen LogP contribution in [0.2, 0.25) is 10.0 Å². The molecule has 0 aromatic heterocycles. The minimum atomic E-state index is 0.576. The normalized spacial score (nSPS) is 10.4. The summed E-state index contributed by atoms with van der Waals surface area (Å²) in [6.07, 6.45) is 0. The molecule has 0 fully saturated rings. The van der Waals surface area contributed by atoms with Crippen molar-refractivity contribution in [2.24, 2.45) is 0 Å². The van der Waals surface area contributed by atoms with Gasteiger partial charge in [0.2, 0.25) is 0 Å². The number of anilines is 2. The summed E-state index contributed by atoms with van der Waals surface area (Å²) in [5, 5.41) is 4.40. The molecule has 1 N–H and O–H groups in total. The second-order valence-electron chi connectivity index (χ2n) is 5.03. The van der Waals surface area contributed by atoms with Crippen molar-refractivity contribution in [2.45, 2.75) is 0 Å². The van der Waals surface area contributed by atoms with Gasteiger partial charge in [-0.1, -0.05) is 53.5 Å². The summed E-state index contributed by atoms with van der Waals surface area (Å²) in [4.78, 5) is 0. The van der Waals surface area contributed by atoms with Gasteiger partial charge in [-0.2, -0.15) is 0 Å². The Hall–Kier alpha value is -2.16. The van der Waals surface area contributed by atoms with Crippen LogP contribution < -0.4 is 10.1 Å². The fraction of sp³-hybridized carbons (Fsp3) is 0.0526. The molecule has 0 atom stereocenters. The number of ether oxygens (including phenoxy) is 1. The van der Waals surface area contributed by atoms with E-state index in [1.807, 2.05) is 66.7 Å². The predicted octanol–water partition coefficient (Wildman–Crippen LogP) is 6.41. The largest absolute Gasteiger partial charge is 0.497 e. The fourth-order valence-electron chi connectivity index (χ4n) is 2.31. The minimum Gasteiger partial charge on any atom is -0.497 e. The molecule has 116 valence electrons. The molecule has 0 aliphatic carbocycles. The zero-order valence-electron chi connectivity index (χ0n) is 12.5. The third-order valence-corrected chi connectivity index (χ3v) is 4.10. The van der Waals surface area contributed by atoms with Crippen molar-refractivity contribution < 1.29 is 4.74 Å². The molecule has 0 heterocycles. The van der Waals surface area contributed by atoms with Crippen LogP contribution in [0.1, 0.15) is 0 Å². The number of hydrogen-bond acceptors (Lipinski definition) is 2. The lowest BCUT2D eigenvalue weighted by Crippen LogP contribution is -1.93. The number of rotatable bonds is 4. The van der Waals surface area contributed by atoms with Crippen LogP contribution in [-0.2, 0) is 0 Å². The lowest BCUT2D eigenvalue weighted by Gasteiger charge is -2.13. The molecule has 0 saturated carbocycles. The molecule has 0 spiro atoms. The molecule has 3 rings (SSSR count). The highest BCUT2D eigenvalue weighted by Gasteiger charge is 2.10. The van der Waals surface area contributed by atoms with Gasteiger partial charge in [0.25, 0.3) is 0 Å². The molecular weight excluding hydrogens is 329 g/mol. The molecule has 0 radical (unpaired) electrons. The number of nitrogens with one attached hydrogen (secondary N) is 1. The molecule has 0 unspecified atom stereocenters. The smallest absolute Gasteiger partial charge is 0.119 e. The molecular formula is C19H15Cl2NO. The summed E-state index contributed by atoms with van der Waals surface area (Å²) in [5.41, 5.74) is 3.65. The Morgan fingerprint density at radius 3 is 1.96 bits per heavy atom. The van der Waals surface area contributed by atoms with Gasteiger partial charge in [-0.25, -0.2) is 0 Å². The van der Waals surface area contributed by atoms with E-state index >= 15 is 0 Å². The summed E-state index contributed by atoms with van der Waals surface area (Å²) >= 11 is 12.8. The Morgan fingerprint density at radius 2 is 1.39 bits per heavy atom. The Labute approximate surface area is 145 Å². The average molecular weight is 344 g/mol. The molecule has 0 amide bonds. The quantitative estimate of drug-likeness (QED) is 0.590. The maximum Gasteiger partial charge on any atom is 0.119 e. The Kier molecular flexibility index (Phi) is 4.75. The Balaban J connectivity index is 1.91. The SMILES string of the molecule is COc1ccc(Nc2c(Cl)cc(-c3ccccc3)cc2Cl)cc1. The van der Waals surface area contributed by atoms with Crippen molar-refractivity contribution in [1.29, 1.82) is 0 Å². The number of halogens is 2. The lowest BCUT2D eigenvalue weighted by molar-refractivity contribution is 0.415. The molecule has 0 bridgehead atoms. The van der Waals surface area contributed by atoms with Gasteiger partial charge >= 0.3 is 0 Å². The summed E-state index contributed by atoms with van der Waals surface area (Å²) in [7, 11) is 1.64. The van der Waals surface area contributed by atoms with E-state index in [2.05, 4.69) is 5.32 Å². The zero-order chi connectivity index (χ0) is 16.2. The lowest BCUT2D eigenvalue weighted by atomic mass is 10.1. The van der Waals surface area contributed by atoms with Crippen LogP contribution in [-0.4, -0.2) is 7.11 Å². The molecule has 23 heavy (non-hydrogen) atoms. The van der Waals surface area contributed by atoms with E-state index in [9.17, 15) is 0 Å². The third kappa shape index (κ3) is 3.61. The highest BCUT2D eigenvalue weighted by molar-refractivity contribution is 6.39. The summed E-state index contributed by atoms with van der Waals surface area (Å²) in [6, 6.07) is 21.4. The van der Waals surface area contributed by atoms with E-state index in [4.69, 9.17) is 27.9 Å². The van der Waals surface area contributed by atoms with Crippen LogP contribution in [0.15, 0.2) is 66.7 Å². The molecule has 3 aromatic carbocycles. The van der Waals surface area contributed by atoms with E-state index in [1.54, 1.807) is 7.11 Å². The van der Waals surface area contributed by atoms with Gasteiger partial charge < -0.3 is 10.1 Å². The predicted molar refractivity (Wildman–Crippen MR) is 98.2 cm³/mol. The number of hydrogen-bond donors (Lipinski definition) is 1. The zero-order valence-corrected chi connectivity index (χ0v) is 14.0. The van der Waals surface area contributed by atoms with Gasteiger partial charge in [0.05, 0.1) is 22.8 Å². The first-order chi connectivity index (χ1) is 11.2. The second-order valence-corrected chi connectivity index (χ2v) is 5.85. The first-order valence-corrected chi connectivity index (χ1v) is 7.88. The van der Waals surface area contributed by atoms with Gasteiger partial charge in [0.1, 0.15) is 5.75 Å². The molecule has 4 heteroatoms. The topological polar surface area (TPSA) is 21.3 Å². The van der Waals surface area contributed by atoms with Crippen LogP contribution in [0, 0.1) is 0 Å². The van der Waals surface area contributed by atoms with Crippen molar-refractivity contribution >= 4 is 34.6 Å². The Morgan fingerprint density at radius 1 is 0.783 bits per heavy atom. The van der Waals surface area contributed by atoms with E-state index in [0.29, 0.717) is 15.7 Å². The maximum absolute atomic E-state index is 6.42. The highest BCUT2D eigenvalue weighted by atomic mass is 35.5. The first-order valence-electron chi connectivity index (χ1n) is 7.13. The summed E-state index contributed by atoms with van der Waals surface area (Å²) < 4.78 is 5.15. The average Bonchev–Trinajstić information content (AvgIpc) is 2.59. The van der Waals surface area contributed by atoms with Gasteiger partial charge in [0.15, 0.2) is 0 Å². The molecule has 2 nitrogen and oxygen atoms in total. The van der Waals surface area contributed by atoms with Crippen molar-refractivity contribution in [3.05, 3.63) is 76.8 Å². The van der Waals surface area contributed by atoms with Crippen LogP contribution in [0.5, 0.6) is 5.75 Å². The summed E-state index contributed by atoms with van der Waals surface area (Å²) in [5.74, 6) is 0.798. The van der Waals surface area contributed by atoms with Gasteiger partial charge in [0, 0.05) is 5.69 Å². The van der Waals surface area contributed by atoms with Crippen molar-refractivity contribution in [3.63, 3.8) is 0 Å². The third-order valence-electron chi connectivity index (χ3n) is 3.51. The van der Waals surface area contributed by atoms with Crippen molar-refractivity contribution in [3.8, 4) is 16.9 Å². The first kappa shape index (κ1) is 15.7. The number of benzene rings is 3. The van der Waals surface area contributed by atoms with Crippen molar-refractivity contribution in [2.75, 3.05) is 12.4 Å². The van der Waals surface area contributed by atoms with Gasteiger partial charge in [-0.15, -0.1) is 0 Å². The van der Waals surface area contributed by atoms with E-state index < -0.39 is 0 Å². The molecule has 0 saturated heterocycles. The van der Waals surface area contributed by atoms with Gasteiger partial charge in [-0.05, 0) is 47.5 Å². The second kappa shape index (κ2) is 6.95. The Bertz CT molecular complexity index is 778. The molecule has 3 aromatic rings. The summed E-state index contributed by atoms with van der Waals surface area (Å²) in [6.45, 7) is 0. The molecule has 0 aliphatic heterocycles. The van der Waals surface area contributed by atoms with Crippen LogP contribution in [0.3, 0.4) is 0 Å². The van der Waals surface area contributed by atoms with Crippen LogP contribution in [0.25, 0.3) is 11.1 Å². The van der Waals surface area contributed by atoms with Gasteiger partial charge in [-0.3, -0.25) is 0 Å². The van der Waals surface area contributed by atoms with Crippen LogP contribution >= 0.6 is 23.2 Å². The minimum absolute atomic E-state index is 0.576. The fourth-order valence-corrected chi connectivity index (χ4v) is 2.89. The maximum atomic E-state index is 6.42. The molecule has 0 aliphatic rings. The standard InChI is InChI=1S/C19H15Cl2NO/c1-23-16-9-7-15(8-10-16)22-19-17(20)11-14(12-18(19)21)13-5-3-2-4-6-13/h2-12,22H,1H3. The highest BCUT2D eigenvalue weighted by Crippen LogP contribution is 2.37. The van der Waals surface area contributed by atoms with E-state index in [0.717, 1.165) is 22.6 Å². The van der Waals surface area contributed by atoms with Crippen LogP contribution in [0.4, 0.5) is 11.4 Å². The van der Waals surface area contributed by atoms with Crippen molar-refractivity contribution in [1.82, 2.24) is 0 Å².